The lowest BCUT2D eigenvalue weighted by molar-refractivity contribution is -0.606. The first kappa shape index (κ1) is 10.3. The highest BCUT2D eigenvalue weighted by Gasteiger charge is 2.05. The molecule has 3 nitrogen and oxygen atoms in total. The van der Waals surface area contributed by atoms with Crippen LogP contribution in [0, 0.1) is 11.1 Å². The molecule has 0 atom stereocenters. The van der Waals surface area contributed by atoms with Crippen molar-refractivity contribution in [2.24, 2.45) is 5.92 Å². The number of pyridine rings is 1. The SMILES string of the molecule is CC(C)COc1cc[n+]([O-])cc1Br. The Morgan fingerprint density at radius 2 is 2.31 bits per heavy atom. The molecule has 0 N–H and O–H groups in total. The summed E-state index contributed by atoms with van der Waals surface area (Å²) in [5.41, 5.74) is 0. The van der Waals surface area contributed by atoms with E-state index in [1.54, 1.807) is 6.07 Å². The van der Waals surface area contributed by atoms with Gasteiger partial charge < -0.3 is 9.94 Å². The fraction of sp³-hybridized carbons (Fsp3) is 0.444. The van der Waals surface area contributed by atoms with Crippen LogP contribution >= 0.6 is 15.9 Å². The Labute approximate surface area is 86.1 Å². The van der Waals surface area contributed by atoms with Gasteiger partial charge in [0.05, 0.1) is 6.61 Å². The first-order valence-electron chi connectivity index (χ1n) is 4.10. The quantitative estimate of drug-likeness (QED) is 0.605. The van der Waals surface area contributed by atoms with Crippen molar-refractivity contribution in [3.05, 3.63) is 28.1 Å². The van der Waals surface area contributed by atoms with E-state index in [0.29, 0.717) is 22.7 Å². The average molecular weight is 246 g/mol. The second-order valence-corrected chi connectivity index (χ2v) is 4.08. The number of halogens is 1. The molecule has 0 spiro atoms. The highest BCUT2D eigenvalue weighted by atomic mass is 79.9. The van der Waals surface area contributed by atoms with Crippen LogP contribution < -0.4 is 9.47 Å². The molecule has 0 unspecified atom stereocenters. The normalized spacial score (nSPS) is 10.5. The number of nitrogens with zero attached hydrogens (tertiary/aromatic N) is 1. The van der Waals surface area contributed by atoms with E-state index in [0.717, 1.165) is 4.73 Å². The summed E-state index contributed by atoms with van der Waals surface area (Å²) in [6.07, 6.45) is 2.84. The van der Waals surface area contributed by atoms with E-state index in [-0.39, 0.29) is 0 Å². The Morgan fingerprint density at radius 3 is 2.85 bits per heavy atom. The molecule has 0 aliphatic carbocycles. The van der Waals surface area contributed by atoms with Crippen molar-refractivity contribution in [1.29, 1.82) is 0 Å². The summed E-state index contributed by atoms with van der Waals surface area (Å²) in [5, 5.41) is 10.8. The van der Waals surface area contributed by atoms with E-state index >= 15 is 0 Å². The van der Waals surface area contributed by atoms with Crippen molar-refractivity contribution in [2.75, 3.05) is 6.61 Å². The van der Waals surface area contributed by atoms with E-state index in [2.05, 4.69) is 29.8 Å². The summed E-state index contributed by atoms with van der Waals surface area (Å²) in [6.45, 7) is 4.80. The van der Waals surface area contributed by atoms with E-state index < -0.39 is 0 Å². The van der Waals surface area contributed by atoms with Gasteiger partial charge in [-0.05, 0) is 21.8 Å². The van der Waals surface area contributed by atoms with Crippen LogP contribution in [0.5, 0.6) is 5.75 Å². The van der Waals surface area contributed by atoms with Gasteiger partial charge in [0.2, 0.25) is 0 Å². The van der Waals surface area contributed by atoms with E-state index in [4.69, 9.17) is 4.74 Å². The molecule has 72 valence electrons. The Hall–Kier alpha value is -0.770. The summed E-state index contributed by atoms with van der Waals surface area (Å²) in [7, 11) is 0. The highest BCUT2D eigenvalue weighted by Crippen LogP contribution is 2.22. The van der Waals surface area contributed by atoms with Crippen LogP contribution in [0.1, 0.15) is 13.8 Å². The molecule has 1 aromatic rings. The van der Waals surface area contributed by atoms with Crippen LogP contribution in [-0.2, 0) is 0 Å². The number of rotatable bonds is 3. The predicted octanol–water partition coefficient (Wildman–Crippen LogP) is 2.12. The topological polar surface area (TPSA) is 36.2 Å². The first-order chi connectivity index (χ1) is 6.09. The monoisotopic (exact) mass is 245 g/mol. The first-order valence-corrected chi connectivity index (χ1v) is 4.90. The summed E-state index contributed by atoms with van der Waals surface area (Å²) >= 11 is 3.25. The molecule has 0 aliphatic heterocycles. The second-order valence-electron chi connectivity index (χ2n) is 3.22. The zero-order chi connectivity index (χ0) is 9.84. The fourth-order valence-corrected chi connectivity index (χ4v) is 1.26. The third-order valence-electron chi connectivity index (χ3n) is 1.42. The van der Waals surface area contributed by atoms with Gasteiger partial charge in [-0.3, -0.25) is 0 Å². The van der Waals surface area contributed by atoms with Gasteiger partial charge >= 0.3 is 0 Å². The van der Waals surface area contributed by atoms with Crippen LogP contribution in [-0.4, -0.2) is 6.61 Å². The van der Waals surface area contributed by atoms with E-state index in [1.165, 1.54) is 12.4 Å². The van der Waals surface area contributed by atoms with E-state index in [1.807, 2.05) is 0 Å². The van der Waals surface area contributed by atoms with Crippen molar-refractivity contribution >= 4 is 15.9 Å². The molecule has 1 aromatic heterocycles. The van der Waals surface area contributed by atoms with Gasteiger partial charge in [0.15, 0.2) is 12.4 Å². The molecule has 1 rings (SSSR count). The van der Waals surface area contributed by atoms with Gasteiger partial charge in [-0.25, -0.2) is 0 Å². The maximum absolute atomic E-state index is 10.8. The maximum Gasteiger partial charge on any atom is 0.198 e. The van der Waals surface area contributed by atoms with Crippen LogP contribution in [0.4, 0.5) is 0 Å². The molecule has 0 aliphatic rings. The van der Waals surface area contributed by atoms with Gasteiger partial charge in [-0.2, -0.15) is 4.73 Å². The Kier molecular flexibility index (Phi) is 3.54. The molecule has 0 saturated carbocycles. The molecule has 0 radical (unpaired) electrons. The largest absolute Gasteiger partial charge is 0.619 e. The van der Waals surface area contributed by atoms with Crippen molar-refractivity contribution in [1.82, 2.24) is 0 Å². The molecular formula is C9H12BrNO2. The van der Waals surface area contributed by atoms with Gasteiger partial charge in [0, 0.05) is 6.07 Å². The minimum absolute atomic E-state index is 0.478. The lowest BCUT2D eigenvalue weighted by Gasteiger charge is -2.09. The molecule has 13 heavy (non-hydrogen) atoms. The minimum atomic E-state index is 0.478. The number of hydrogen-bond acceptors (Lipinski definition) is 2. The third-order valence-corrected chi connectivity index (χ3v) is 2.02. The minimum Gasteiger partial charge on any atom is -0.619 e. The summed E-state index contributed by atoms with van der Waals surface area (Å²) < 4.78 is 6.87. The van der Waals surface area contributed by atoms with Crippen LogP contribution in [0.2, 0.25) is 0 Å². The number of ether oxygens (including phenoxy) is 1. The van der Waals surface area contributed by atoms with Crippen molar-refractivity contribution in [3.8, 4) is 5.75 Å². The molecule has 1 heterocycles. The van der Waals surface area contributed by atoms with Gasteiger partial charge in [-0.15, -0.1) is 0 Å². The van der Waals surface area contributed by atoms with Crippen LogP contribution in [0.3, 0.4) is 0 Å². The zero-order valence-electron chi connectivity index (χ0n) is 7.66. The zero-order valence-corrected chi connectivity index (χ0v) is 9.24. The van der Waals surface area contributed by atoms with Crippen LogP contribution in [0.15, 0.2) is 22.9 Å². The molecule has 0 saturated heterocycles. The summed E-state index contributed by atoms with van der Waals surface area (Å²) in [5.74, 6) is 1.19. The fourth-order valence-electron chi connectivity index (χ4n) is 0.813. The molecule has 0 amide bonds. The van der Waals surface area contributed by atoms with Gasteiger partial charge in [-0.1, -0.05) is 13.8 Å². The summed E-state index contributed by atoms with van der Waals surface area (Å²) in [4.78, 5) is 0. The molecule has 0 bridgehead atoms. The lowest BCUT2D eigenvalue weighted by Crippen LogP contribution is -2.24. The Balaban J connectivity index is 2.67. The van der Waals surface area contributed by atoms with Crippen LogP contribution in [0.25, 0.3) is 0 Å². The standard InChI is InChI=1S/C9H12BrNO2/c1-7(2)6-13-9-3-4-11(12)5-8(9)10/h3-5,7H,6H2,1-2H3. The van der Waals surface area contributed by atoms with Gasteiger partial charge in [0.1, 0.15) is 10.2 Å². The average Bonchev–Trinajstić information content (AvgIpc) is 2.02. The van der Waals surface area contributed by atoms with Gasteiger partial charge in [0.25, 0.3) is 0 Å². The molecule has 0 aromatic carbocycles. The number of aromatic nitrogens is 1. The smallest absolute Gasteiger partial charge is 0.198 e. The van der Waals surface area contributed by atoms with Crippen molar-refractivity contribution in [2.45, 2.75) is 13.8 Å². The Bertz CT molecular complexity index is 289. The third kappa shape index (κ3) is 3.22. The number of hydrogen-bond donors (Lipinski definition) is 0. The highest BCUT2D eigenvalue weighted by molar-refractivity contribution is 9.10. The van der Waals surface area contributed by atoms with Crippen molar-refractivity contribution < 1.29 is 9.47 Å². The van der Waals surface area contributed by atoms with Crippen molar-refractivity contribution in [3.63, 3.8) is 0 Å². The predicted molar refractivity (Wildman–Crippen MR) is 53.4 cm³/mol. The molecule has 4 heteroatoms. The summed E-state index contributed by atoms with van der Waals surface area (Å²) in [6, 6.07) is 1.65. The molecule has 0 fully saturated rings. The molecular weight excluding hydrogens is 234 g/mol. The second kappa shape index (κ2) is 4.46. The Morgan fingerprint density at radius 1 is 1.62 bits per heavy atom. The maximum atomic E-state index is 10.8. The van der Waals surface area contributed by atoms with E-state index in [9.17, 15) is 5.21 Å². The lowest BCUT2D eigenvalue weighted by atomic mass is 10.2.